The second kappa shape index (κ2) is 4.68. The molecule has 2 aromatic carbocycles. The van der Waals surface area contributed by atoms with Crippen molar-refractivity contribution in [3.8, 4) is 11.1 Å². The Balaban J connectivity index is 2.17. The van der Waals surface area contributed by atoms with Gasteiger partial charge in [-0.15, -0.1) is 0 Å². The molecule has 1 heterocycles. The number of fused-ring (bicyclic) bond motifs is 1. The molecule has 0 atom stereocenters. The van der Waals surface area contributed by atoms with Gasteiger partial charge in [0.05, 0.1) is 11.6 Å². The first kappa shape index (κ1) is 12.2. The molecule has 0 saturated carbocycles. The van der Waals surface area contributed by atoms with Crippen LogP contribution in [-0.4, -0.2) is 4.98 Å². The Morgan fingerprint density at radius 1 is 1.16 bits per heavy atom. The van der Waals surface area contributed by atoms with Crippen LogP contribution in [0.1, 0.15) is 11.5 Å². The largest absolute Gasteiger partial charge is 0.438 e. The van der Waals surface area contributed by atoms with Crippen molar-refractivity contribution in [1.82, 2.24) is 4.98 Å². The molecule has 0 spiro atoms. The van der Waals surface area contributed by atoms with Gasteiger partial charge in [-0.2, -0.15) is 0 Å². The molecule has 96 valence electrons. The van der Waals surface area contributed by atoms with Crippen molar-refractivity contribution in [1.29, 1.82) is 0 Å². The molecule has 1 aromatic heterocycles. The third kappa shape index (κ3) is 2.23. The van der Waals surface area contributed by atoms with Crippen LogP contribution in [0.4, 0.5) is 0 Å². The summed E-state index contributed by atoms with van der Waals surface area (Å²) in [6.07, 6.45) is 0. The van der Waals surface area contributed by atoms with E-state index in [1.54, 1.807) is 0 Å². The summed E-state index contributed by atoms with van der Waals surface area (Å²) < 4.78 is 5.49. The molecule has 3 aromatic rings. The fourth-order valence-electron chi connectivity index (χ4n) is 2.04. The number of nitrogens with zero attached hydrogens (tertiary/aromatic N) is 1. The fraction of sp³-hybridized carbons (Fsp3) is 0.133. The van der Waals surface area contributed by atoms with Gasteiger partial charge in [-0.25, -0.2) is 4.98 Å². The standard InChI is InChI=1S/C15H13ClN2O/c1-9-2-4-10(5-3-9)11-6-12(16)15-13(7-11)18-14(8-17)19-15/h2-7H,8,17H2,1H3. The van der Waals surface area contributed by atoms with Crippen LogP contribution in [-0.2, 0) is 6.54 Å². The van der Waals surface area contributed by atoms with Gasteiger partial charge in [0.2, 0.25) is 5.89 Å². The lowest BCUT2D eigenvalue weighted by atomic mass is 10.0. The minimum atomic E-state index is 0.269. The first-order valence-electron chi connectivity index (χ1n) is 6.03. The van der Waals surface area contributed by atoms with E-state index >= 15 is 0 Å². The van der Waals surface area contributed by atoms with Crippen molar-refractivity contribution in [3.05, 3.63) is 52.9 Å². The molecular formula is C15H13ClN2O. The zero-order valence-electron chi connectivity index (χ0n) is 10.5. The maximum absolute atomic E-state index is 6.24. The summed E-state index contributed by atoms with van der Waals surface area (Å²) in [5.74, 6) is 0.498. The Hall–Kier alpha value is -1.84. The summed E-state index contributed by atoms with van der Waals surface area (Å²) in [6, 6.07) is 12.1. The first-order chi connectivity index (χ1) is 9.17. The van der Waals surface area contributed by atoms with Crippen LogP contribution in [0.3, 0.4) is 0 Å². The monoisotopic (exact) mass is 272 g/mol. The molecule has 0 unspecified atom stereocenters. The molecule has 19 heavy (non-hydrogen) atoms. The Morgan fingerprint density at radius 3 is 2.58 bits per heavy atom. The van der Waals surface area contributed by atoms with E-state index in [-0.39, 0.29) is 6.54 Å². The molecule has 0 amide bonds. The molecule has 2 N–H and O–H groups in total. The molecule has 0 radical (unpaired) electrons. The maximum Gasteiger partial charge on any atom is 0.209 e. The van der Waals surface area contributed by atoms with Gasteiger partial charge in [0.1, 0.15) is 5.52 Å². The van der Waals surface area contributed by atoms with E-state index in [9.17, 15) is 0 Å². The molecule has 3 nitrogen and oxygen atoms in total. The molecule has 0 aliphatic carbocycles. The normalized spacial score (nSPS) is 11.1. The number of aromatic nitrogens is 1. The zero-order chi connectivity index (χ0) is 13.4. The van der Waals surface area contributed by atoms with Gasteiger partial charge in [-0.05, 0) is 30.2 Å². The van der Waals surface area contributed by atoms with Crippen LogP contribution in [0.5, 0.6) is 0 Å². The Kier molecular flexibility index (Phi) is 3.01. The number of benzene rings is 2. The van der Waals surface area contributed by atoms with Crippen molar-refractivity contribution >= 4 is 22.7 Å². The van der Waals surface area contributed by atoms with E-state index in [0.717, 1.165) is 16.6 Å². The van der Waals surface area contributed by atoms with Crippen molar-refractivity contribution in [2.24, 2.45) is 5.73 Å². The summed E-state index contributed by atoms with van der Waals surface area (Å²) in [6.45, 7) is 2.33. The number of halogens is 1. The first-order valence-corrected chi connectivity index (χ1v) is 6.41. The van der Waals surface area contributed by atoms with Crippen LogP contribution < -0.4 is 5.73 Å². The van der Waals surface area contributed by atoms with Crippen molar-refractivity contribution < 1.29 is 4.42 Å². The van der Waals surface area contributed by atoms with E-state index in [4.69, 9.17) is 21.8 Å². The highest BCUT2D eigenvalue weighted by Gasteiger charge is 2.11. The van der Waals surface area contributed by atoms with Crippen molar-refractivity contribution in [2.45, 2.75) is 13.5 Å². The van der Waals surface area contributed by atoms with E-state index in [1.165, 1.54) is 5.56 Å². The van der Waals surface area contributed by atoms with Gasteiger partial charge in [-0.1, -0.05) is 41.4 Å². The van der Waals surface area contributed by atoms with Crippen LogP contribution in [0, 0.1) is 6.92 Å². The van der Waals surface area contributed by atoms with Crippen LogP contribution in [0.15, 0.2) is 40.8 Å². The summed E-state index contributed by atoms with van der Waals surface area (Å²) in [4.78, 5) is 4.32. The summed E-state index contributed by atoms with van der Waals surface area (Å²) in [5.41, 5.74) is 10.2. The number of aryl methyl sites for hydroxylation is 1. The van der Waals surface area contributed by atoms with Crippen molar-refractivity contribution in [3.63, 3.8) is 0 Å². The third-order valence-electron chi connectivity index (χ3n) is 3.05. The van der Waals surface area contributed by atoms with Gasteiger partial charge in [0.15, 0.2) is 5.58 Å². The highest BCUT2D eigenvalue weighted by atomic mass is 35.5. The highest BCUT2D eigenvalue weighted by Crippen LogP contribution is 2.31. The van der Waals surface area contributed by atoms with Crippen LogP contribution in [0.25, 0.3) is 22.2 Å². The molecule has 0 aliphatic rings. The van der Waals surface area contributed by atoms with Crippen LogP contribution in [0.2, 0.25) is 5.02 Å². The maximum atomic E-state index is 6.24. The average molecular weight is 273 g/mol. The van der Waals surface area contributed by atoms with Gasteiger partial charge in [0, 0.05) is 0 Å². The zero-order valence-corrected chi connectivity index (χ0v) is 11.2. The number of rotatable bonds is 2. The Morgan fingerprint density at radius 2 is 1.89 bits per heavy atom. The van der Waals surface area contributed by atoms with Gasteiger partial charge in [0.25, 0.3) is 0 Å². The quantitative estimate of drug-likeness (QED) is 0.769. The topological polar surface area (TPSA) is 52.0 Å². The smallest absolute Gasteiger partial charge is 0.209 e. The van der Waals surface area contributed by atoms with E-state index in [0.29, 0.717) is 16.5 Å². The molecule has 0 saturated heterocycles. The van der Waals surface area contributed by atoms with Crippen LogP contribution >= 0.6 is 11.6 Å². The predicted octanol–water partition coefficient (Wildman–Crippen LogP) is 3.92. The molecule has 0 fully saturated rings. The lowest BCUT2D eigenvalue weighted by Gasteiger charge is -2.03. The number of hydrogen-bond acceptors (Lipinski definition) is 3. The van der Waals surface area contributed by atoms with Gasteiger partial charge in [-0.3, -0.25) is 0 Å². The lowest BCUT2D eigenvalue weighted by Crippen LogP contribution is -1.94. The number of nitrogens with two attached hydrogens (primary N) is 1. The Bertz CT molecular complexity index is 732. The average Bonchev–Trinajstić information content (AvgIpc) is 2.83. The SMILES string of the molecule is Cc1ccc(-c2cc(Cl)c3oc(CN)nc3c2)cc1. The molecule has 3 rings (SSSR count). The summed E-state index contributed by atoms with van der Waals surface area (Å²) >= 11 is 6.24. The molecule has 0 bridgehead atoms. The molecular weight excluding hydrogens is 260 g/mol. The van der Waals surface area contributed by atoms with E-state index < -0.39 is 0 Å². The fourth-order valence-corrected chi connectivity index (χ4v) is 2.29. The molecule has 4 heteroatoms. The highest BCUT2D eigenvalue weighted by molar-refractivity contribution is 6.35. The third-order valence-corrected chi connectivity index (χ3v) is 3.33. The van der Waals surface area contributed by atoms with Gasteiger partial charge >= 0.3 is 0 Å². The van der Waals surface area contributed by atoms with E-state index in [2.05, 4.69) is 36.2 Å². The minimum Gasteiger partial charge on any atom is -0.438 e. The van der Waals surface area contributed by atoms with Gasteiger partial charge < -0.3 is 10.2 Å². The Labute approximate surface area is 116 Å². The molecule has 0 aliphatic heterocycles. The van der Waals surface area contributed by atoms with E-state index in [1.807, 2.05) is 12.1 Å². The predicted molar refractivity (Wildman–Crippen MR) is 77.1 cm³/mol. The second-order valence-electron chi connectivity index (χ2n) is 4.48. The van der Waals surface area contributed by atoms with Crippen molar-refractivity contribution in [2.75, 3.05) is 0 Å². The minimum absolute atomic E-state index is 0.269. The summed E-state index contributed by atoms with van der Waals surface area (Å²) in [5, 5.41) is 0.556. The number of hydrogen-bond donors (Lipinski definition) is 1. The lowest BCUT2D eigenvalue weighted by molar-refractivity contribution is 0.533. The summed E-state index contributed by atoms with van der Waals surface area (Å²) in [7, 11) is 0. The second-order valence-corrected chi connectivity index (χ2v) is 4.89. The number of oxazole rings is 1.